The van der Waals surface area contributed by atoms with E-state index in [0.717, 1.165) is 42.0 Å². The third-order valence-corrected chi connectivity index (χ3v) is 12.1. The fourth-order valence-corrected chi connectivity index (χ4v) is 8.22. The fraction of sp³-hybridized carbons (Fsp3) is 0.592. The van der Waals surface area contributed by atoms with E-state index in [9.17, 15) is 18.0 Å². The normalized spacial score (nSPS) is 16.2. The van der Waals surface area contributed by atoms with E-state index in [4.69, 9.17) is 79.3 Å². The van der Waals surface area contributed by atoms with Crippen LogP contribution in [0.5, 0.6) is 11.5 Å². The third-order valence-electron chi connectivity index (χ3n) is 11.5. The van der Waals surface area contributed by atoms with E-state index in [1.54, 1.807) is 10.9 Å². The van der Waals surface area contributed by atoms with Gasteiger partial charge in [0.15, 0.2) is 31.9 Å². The highest BCUT2D eigenvalue weighted by molar-refractivity contribution is 7.44. The van der Waals surface area contributed by atoms with Crippen molar-refractivity contribution in [2.75, 3.05) is 150 Å². The van der Waals surface area contributed by atoms with Crippen LogP contribution in [0, 0.1) is 24.4 Å². The van der Waals surface area contributed by atoms with Crippen LogP contribution in [0.1, 0.15) is 42.5 Å². The Morgan fingerprint density at radius 1 is 0.818 bits per heavy atom. The lowest BCUT2D eigenvalue weighted by Gasteiger charge is -2.41. The topological polar surface area (TPSA) is 266 Å². The Hall–Kier alpha value is -4.77. The number of anilines is 1. The fourth-order valence-electron chi connectivity index (χ4n) is 7.79. The molecule has 0 spiro atoms. The van der Waals surface area contributed by atoms with Gasteiger partial charge in [-0.15, -0.1) is 0 Å². The zero-order chi connectivity index (χ0) is 54.6. The number of benzene rings is 2. The van der Waals surface area contributed by atoms with Crippen molar-refractivity contribution in [3.8, 4) is 11.5 Å². The standard InChI is InChI=1S/C49H67ClF3N8O15P/c1-34-24-38(2-4-40(34)35-29-60(30-35)47-41-28-56-61(48(41)58-49(50)57-47)44-5-3-39(75-44)32-73-33-77(63)64)74-23-22-71-19-18-69-16-17-70-20-21-72-31-37(59-54)27-55-7-9-66-11-13-68-15-14-67-12-10-65-8-6-45(62)76-46-42(52)25-36(51)26-43(46)53/h2,4,24-28,35,39,44,63-64H,3,5-23,29-33,54H2,1H3/b55-27?,59-37+. The van der Waals surface area contributed by atoms with E-state index in [2.05, 4.69) is 47.8 Å². The molecule has 23 nitrogen and oxygen atoms in total. The molecule has 4 heterocycles. The summed E-state index contributed by atoms with van der Waals surface area (Å²) in [4.78, 5) is 45.4. The van der Waals surface area contributed by atoms with Crippen LogP contribution >= 0.6 is 20.0 Å². The van der Waals surface area contributed by atoms with Gasteiger partial charge in [0.1, 0.15) is 36.1 Å². The summed E-state index contributed by atoms with van der Waals surface area (Å²) in [7, 11) is -2.11. The molecule has 2 aromatic carbocycles. The monoisotopic (exact) mass is 1130 g/mol. The number of nitrogens with zero attached hydrogens (tertiary/aromatic N) is 7. The molecule has 0 saturated carbocycles. The van der Waals surface area contributed by atoms with Crippen LogP contribution in [0.3, 0.4) is 0 Å². The van der Waals surface area contributed by atoms with E-state index in [0.29, 0.717) is 128 Å². The van der Waals surface area contributed by atoms with Crippen molar-refractivity contribution in [2.24, 2.45) is 15.9 Å². The molecule has 0 radical (unpaired) electrons. The molecule has 2 aliphatic rings. The van der Waals surface area contributed by atoms with Crippen molar-refractivity contribution in [3.05, 3.63) is 70.4 Å². The van der Waals surface area contributed by atoms with Crippen LogP contribution in [-0.4, -0.2) is 198 Å². The number of rotatable bonds is 39. The second-order valence-corrected chi connectivity index (χ2v) is 18.5. The van der Waals surface area contributed by atoms with Gasteiger partial charge in [0, 0.05) is 37.4 Å². The number of carbonyl (C=O) groups excluding carboxylic acids is 1. The lowest BCUT2D eigenvalue weighted by molar-refractivity contribution is -0.136. The summed E-state index contributed by atoms with van der Waals surface area (Å²) < 4.78 is 108. The molecule has 0 bridgehead atoms. The molecule has 6 rings (SSSR count). The summed E-state index contributed by atoms with van der Waals surface area (Å²) in [6.45, 7) is 9.69. The maximum absolute atomic E-state index is 13.6. The van der Waals surface area contributed by atoms with Crippen LogP contribution in [0.2, 0.25) is 5.28 Å². The van der Waals surface area contributed by atoms with Crippen LogP contribution in [0.4, 0.5) is 19.0 Å². The quantitative estimate of drug-likeness (QED) is 0.00802. The number of esters is 1. The zero-order valence-corrected chi connectivity index (χ0v) is 44.5. The maximum atomic E-state index is 13.6. The number of ether oxygens (including phenoxy) is 12. The van der Waals surface area contributed by atoms with Crippen molar-refractivity contribution in [2.45, 2.75) is 44.4 Å². The molecule has 77 heavy (non-hydrogen) atoms. The molecular weight excluding hydrogens is 1060 g/mol. The van der Waals surface area contributed by atoms with Gasteiger partial charge >= 0.3 is 5.97 Å². The number of aliphatic imine (C=N–C) groups is 1. The summed E-state index contributed by atoms with van der Waals surface area (Å²) >= 11 is 6.42. The summed E-state index contributed by atoms with van der Waals surface area (Å²) in [5, 5.41) is 9.20. The highest BCUT2D eigenvalue weighted by Crippen LogP contribution is 2.38. The zero-order valence-electron chi connectivity index (χ0n) is 42.8. The van der Waals surface area contributed by atoms with Gasteiger partial charge in [0.25, 0.3) is 0 Å². The number of aromatic nitrogens is 4. The molecular formula is C49H67ClF3N8O15P. The lowest BCUT2D eigenvalue weighted by atomic mass is 9.88. The molecule has 0 amide bonds. The predicted octanol–water partition coefficient (Wildman–Crippen LogP) is 4.65. The Morgan fingerprint density at radius 2 is 1.43 bits per heavy atom. The first-order valence-electron chi connectivity index (χ1n) is 25.0. The number of halogens is 4. The summed E-state index contributed by atoms with van der Waals surface area (Å²) in [5.41, 5.74) is 3.44. The van der Waals surface area contributed by atoms with E-state index in [1.165, 1.54) is 11.8 Å². The number of carbonyl (C=O) groups is 1. The summed E-state index contributed by atoms with van der Waals surface area (Å²) in [5.74, 6) is 1.64. The van der Waals surface area contributed by atoms with Gasteiger partial charge in [0.05, 0.1) is 143 Å². The van der Waals surface area contributed by atoms with Crippen molar-refractivity contribution >= 4 is 54.7 Å². The molecule has 426 valence electrons. The second-order valence-electron chi connectivity index (χ2n) is 17.2. The van der Waals surface area contributed by atoms with E-state index >= 15 is 0 Å². The molecule has 28 heteroatoms. The summed E-state index contributed by atoms with van der Waals surface area (Å²) in [6, 6.07) is 6.98. The summed E-state index contributed by atoms with van der Waals surface area (Å²) in [6.07, 6.45) is 3.82. The second kappa shape index (κ2) is 34.3. The van der Waals surface area contributed by atoms with Gasteiger partial charge in [-0.05, 0) is 54.6 Å². The first-order valence-corrected chi connectivity index (χ1v) is 26.8. The smallest absolute Gasteiger partial charge is 0.313 e. The molecule has 4 N–H and O–H groups in total. The van der Waals surface area contributed by atoms with Crippen LogP contribution < -0.4 is 20.2 Å². The molecule has 4 aromatic rings. The number of nitrogens with two attached hydrogens (primary N) is 1. The molecule has 2 unspecified atom stereocenters. The maximum Gasteiger partial charge on any atom is 0.313 e. The van der Waals surface area contributed by atoms with Gasteiger partial charge in [0.2, 0.25) is 11.0 Å². The van der Waals surface area contributed by atoms with Gasteiger partial charge in [-0.1, -0.05) is 6.07 Å². The Kier molecular flexibility index (Phi) is 27.4. The predicted molar refractivity (Wildman–Crippen MR) is 275 cm³/mol. The Morgan fingerprint density at radius 3 is 2.05 bits per heavy atom. The van der Waals surface area contributed by atoms with Crippen LogP contribution in [-0.2, 0) is 52.2 Å². The van der Waals surface area contributed by atoms with Gasteiger partial charge < -0.3 is 77.4 Å². The first-order chi connectivity index (χ1) is 37.5. The minimum Gasteiger partial charge on any atom is -0.491 e. The van der Waals surface area contributed by atoms with Crippen molar-refractivity contribution in [1.29, 1.82) is 0 Å². The highest BCUT2D eigenvalue weighted by Gasteiger charge is 2.34. The lowest BCUT2D eigenvalue weighted by Crippen LogP contribution is -2.45. The van der Waals surface area contributed by atoms with Crippen molar-refractivity contribution < 1.29 is 84.6 Å². The molecule has 2 fully saturated rings. The number of hydrogen-bond acceptors (Lipinski definition) is 22. The SMILES string of the molecule is Cc1cc(OCCOCCOCCOCCOC/C(C=NCCOCCOCCOCCOCCC(=O)Oc2c(F)cc(F)cc2F)=N/N)ccc1C1CN(c2nc(Cl)nc3c2cnn3C2CCC(COCP(O)O)O2)C1. The number of fused-ring (bicyclic) bond motifs is 1. The first kappa shape index (κ1) is 61.4. The Bertz CT molecular complexity index is 2440. The molecule has 2 aliphatic heterocycles. The minimum absolute atomic E-state index is 0.0555. The third kappa shape index (κ3) is 21.4. The van der Waals surface area contributed by atoms with Crippen molar-refractivity contribution in [1.82, 2.24) is 19.7 Å². The number of hydrazone groups is 1. The van der Waals surface area contributed by atoms with Crippen molar-refractivity contribution in [3.63, 3.8) is 0 Å². The van der Waals surface area contributed by atoms with E-state index < -0.39 is 37.5 Å². The average molecular weight is 1130 g/mol. The Labute approximate surface area is 449 Å². The van der Waals surface area contributed by atoms with E-state index in [-0.39, 0.29) is 63.4 Å². The van der Waals surface area contributed by atoms with Gasteiger partial charge in [-0.3, -0.25) is 9.79 Å². The molecule has 0 aliphatic carbocycles. The Balaban J connectivity index is 0.689. The van der Waals surface area contributed by atoms with E-state index in [1.807, 2.05) is 12.1 Å². The highest BCUT2D eigenvalue weighted by atomic mass is 35.5. The number of aryl methyl sites for hydroxylation is 1. The van der Waals surface area contributed by atoms with Crippen LogP contribution in [0.25, 0.3) is 11.0 Å². The number of hydrogen-bond donors (Lipinski definition) is 3. The van der Waals surface area contributed by atoms with Crippen LogP contribution in [0.15, 0.2) is 46.6 Å². The molecule has 2 atom stereocenters. The largest absolute Gasteiger partial charge is 0.491 e. The minimum atomic E-state index is -2.11. The van der Waals surface area contributed by atoms with Gasteiger partial charge in [-0.25, -0.2) is 17.9 Å². The molecule has 2 saturated heterocycles. The van der Waals surface area contributed by atoms with Gasteiger partial charge in [-0.2, -0.15) is 20.2 Å². The molecule has 2 aromatic heterocycles. The average Bonchev–Trinajstić information content (AvgIpc) is 4.17.